The fourth-order valence-corrected chi connectivity index (χ4v) is 2.11. The van der Waals surface area contributed by atoms with Crippen LogP contribution in [0.25, 0.3) is 0 Å². The molecule has 0 aromatic carbocycles. The largest absolute Gasteiger partial charge is 0.477 e. The fourth-order valence-electron chi connectivity index (χ4n) is 1.69. The van der Waals surface area contributed by atoms with Crippen LogP contribution in [0.15, 0.2) is 27.2 Å². The van der Waals surface area contributed by atoms with Gasteiger partial charge in [0.2, 0.25) is 5.88 Å². The van der Waals surface area contributed by atoms with Gasteiger partial charge >= 0.3 is 0 Å². The normalized spacial score (nSPS) is 12.0. The van der Waals surface area contributed by atoms with E-state index in [4.69, 9.17) is 4.74 Å². The molecule has 0 saturated heterocycles. The summed E-state index contributed by atoms with van der Waals surface area (Å²) in [5, 5.41) is 0. The maximum Gasteiger partial charge on any atom is 0.228 e. The van der Waals surface area contributed by atoms with Gasteiger partial charge in [0.15, 0.2) is 0 Å². The van der Waals surface area contributed by atoms with Gasteiger partial charge in [-0.05, 0) is 62.5 Å². The number of aliphatic imine (C=N–C) groups is 1. The van der Waals surface area contributed by atoms with Crippen molar-refractivity contribution in [1.82, 2.24) is 9.88 Å². The van der Waals surface area contributed by atoms with Gasteiger partial charge in [-0.15, -0.1) is 0 Å². The number of aromatic nitrogens is 1. The minimum atomic E-state index is 0.637. The van der Waals surface area contributed by atoms with E-state index < -0.39 is 0 Å². The first-order valence-electron chi connectivity index (χ1n) is 7.64. The molecule has 0 aliphatic heterocycles. The van der Waals surface area contributed by atoms with Gasteiger partial charge in [0.1, 0.15) is 0 Å². The number of rotatable bonds is 8. The molecular formula is C17H26BrN3O. The summed E-state index contributed by atoms with van der Waals surface area (Å²) in [6, 6.07) is 1.95. The van der Waals surface area contributed by atoms with Crippen molar-refractivity contribution in [2.45, 2.75) is 40.5 Å². The van der Waals surface area contributed by atoms with Crippen LogP contribution in [0, 0.1) is 6.92 Å². The molecule has 1 rings (SSSR count). The van der Waals surface area contributed by atoms with E-state index in [2.05, 4.69) is 52.8 Å². The van der Waals surface area contributed by atoms with Crippen molar-refractivity contribution in [2.75, 3.05) is 20.2 Å². The first-order chi connectivity index (χ1) is 10.5. The third-order valence-corrected chi connectivity index (χ3v) is 4.02. The number of ether oxygens (including phenoxy) is 1. The summed E-state index contributed by atoms with van der Waals surface area (Å²) < 4.78 is 6.61. The Balaban J connectivity index is 2.67. The Morgan fingerprint density at radius 2 is 2.23 bits per heavy atom. The second-order valence-electron chi connectivity index (χ2n) is 5.28. The highest BCUT2D eigenvalue weighted by Gasteiger charge is 2.08. The van der Waals surface area contributed by atoms with Crippen molar-refractivity contribution in [2.24, 2.45) is 4.99 Å². The van der Waals surface area contributed by atoms with E-state index in [1.54, 1.807) is 0 Å². The Kier molecular flexibility index (Phi) is 8.17. The molecule has 22 heavy (non-hydrogen) atoms. The van der Waals surface area contributed by atoms with Crippen LogP contribution in [-0.4, -0.2) is 36.4 Å². The Labute approximate surface area is 142 Å². The maximum atomic E-state index is 5.77. The molecule has 0 amide bonds. The van der Waals surface area contributed by atoms with Crippen molar-refractivity contribution in [3.05, 3.63) is 27.9 Å². The molecule has 0 N–H and O–H groups in total. The zero-order valence-corrected chi connectivity index (χ0v) is 15.8. The number of aryl methyl sites for hydroxylation is 1. The average molecular weight is 368 g/mol. The van der Waals surface area contributed by atoms with Crippen LogP contribution in [0.4, 0.5) is 5.69 Å². The van der Waals surface area contributed by atoms with E-state index in [9.17, 15) is 0 Å². The average Bonchev–Trinajstić information content (AvgIpc) is 2.52. The lowest BCUT2D eigenvalue weighted by Gasteiger charge is -2.11. The van der Waals surface area contributed by atoms with Gasteiger partial charge in [-0.3, -0.25) is 0 Å². The quantitative estimate of drug-likeness (QED) is 0.284. The summed E-state index contributed by atoms with van der Waals surface area (Å²) in [5.74, 6) is 0.637. The highest BCUT2D eigenvalue weighted by molar-refractivity contribution is 9.10. The lowest BCUT2D eigenvalue weighted by atomic mass is 10.2. The Morgan fingerprint density at radius 1 is 1.50 bits per heavy atom. The van der Waals surface area contributed by atoms with Crippen LogP contribution in [0.3, 0.4) is 0 Å². The molecule has 0 saturated carbocycles. The molecule has 0 fully saturated rings. The van der Waals surface area contributed by atoms with E-state index in [0.29, 0.717) is 12.5 Å². The number of hydrogen-bond acceptors (Lipinski definition) is 3. The van der Waals surface area contributed by atoms with E-state index in [-0.39, 0.29) is 0 Å². The molecule has 0 unspecified atom stereocenters. The second-order valence-corrected chi connectivity index (χ2v) is 6.14. The van der Waals surface area contributed by atoms with Gasteiger partial charge in [0.25, 0.3) is 0 Å². The van der Waals surface area contributed by atoms with Crippen molar-refractivity contribution >= 4 is 28.0 Å². The van der Waals surface area contributed by atoms with Crippen LogP contribution >= 0.6 is 15.9 Å². The fraction of sp³-hybridized carbons (Fsp3) is 0.529. The van der Waals surface area contributed by atoms with E-state index >= 15 is 0 Å². The van der Waals surface area contributed by atoms with Gasteiger partial charge in [0.05, 0.1) is 28.8 Å². The van der Waals surface area contributed by atoms with Crippen LogP contribution in [0.2, 0.25) is 0 Å². The number of hydrogen-bond donors (Lipinski definition) is 0. The summed E-state index contributed by atoms with van der Waals surface area (Å²) in [6.07, 6.45) is 6.00. The highest BCUT2D eigenvalue weighted by Crippen LogP contribution is 2.29. The minimum Gasteiger partial charge on any atom is -0.477 e. The van der Waals surface area contributed by atoms with Gasteiger partial charge in [-0.2, -0.15) is 0 Å². The molecule has 5 heteroatoms. The molecule has 0 bridgehead atoms. The molecular weight excluding hydrogens is 342 g/mol. The zero-order chi connectivity index (χ0) is 16.5. The molecule has 0 aliphatic carbocycles. The molecule has 0 atom stereocenters. The summed E-state index contributed by atoms with van der Waals surface area (Å²) in [6.45, 7) is 9.81. The first kappa shape index (κ1) is 18.7. The third-order valence-electron chi connectivity index (χ3n) is 3.45. The summed E-state index contributed by atoms with van der Waals surface area (Å²) >= 11 is 3.51. The summed E-state index contributed by atoms with van der Waals surface area (Å²) in [4.78, 5) is 11.0. The Hall–Kier alpha value is -1.36. The second kappa shape index (κ2) is 9.62. The van der Waals surface area contributed by atoms with Gasteiger partial charge in [-0.1, -0.05) is 11.6 Å². The van der Waals surface area contributed by atoms with E-state index in [1.165, 1.54) is 5.57 Å². The SMILES string of the molecule is C/C=C(\C)CCCOc1nc(C)c(N=CN(C)CC)cc1Br. The van der Waals surface area contributed by atoms with Gasteiger partial charge in [-0.25, -0.2) is 9.98 Å². The topological polar surface area (TPSA) is 37.7 Å². The van der Waals surface area contributed by atoms with E-state index in [0.717, 1.165) is 35.2 Å². The molecule has 0 spiro atoms. The molecule has 122 valence electrons. The minimum absolute atomic E-state index is 0.637. The molecule has 0 radical (unpaired) electrons. The molecule has 0 aliphatic rings. The number of nitrogens with zero attached hydrogens (tertiary/aromatic N) is 3. The summed E-state index contributed by atoms with van der Waals surface area (Å²) in [7, 11) is 1.99. The van der Waals surface area contributed by atoms with Crippen molar-refractivity contribution in [1.29, 1.82) is 0 Å². The Morgan fingerprint density at radius 3 is 2.86 bits per heavy atom. The van der Waals surface area contributed by atoms with Crippen LogP contribution in [0.5, 0.6) is 5.88 Å². The number of allylic oxidation sites excluding steroid dienone is 2. The maximum absolute atomic E-state index is 5.77. The number of pyridine rings is 1. The van der Waals surface area contributed by atoms with Crippen molar-refractivity contribution in [3.63, 3.8) is 0 Å². The van der Waals surface area contributed by atoms with E-state index in [1.807, 2.05) is 31.3 Å². The number of halogens is 1. The third kappa shape index (κ3) is 6.18. The van der Waals surface area contributed by atoms with Crippen LogP contribution < -0.4 is 4.74 Å². The van der Waals surface area contributed by atoms with Crippen molar-refractivity contribution in [3.8, 4) is 5.88 Å². The monoisotopic (exact) mass is 367 g/mol. The van der Waals surface area contributed by atoms with Gasteiger partial charge < -0.3 is 9.64 Å². The van der Waals surface area contributed by atoms with Crippen LogP contribution in [-0.2, 0) is 0 Å². The predicted octanol–water partition coefficient (Wildman–Crippen LogP) is 4.89. The first-order valence-corrected chi connectivity index (χ1v) is 8.43. The highest BCUT2D eigenvalue weighted by atomic mass is 79.9. The molecule has 1 heterocycles. The predicted molar refractivity (Wildman–Crippen MR) is 97.3 cm³/mol. The standard InChI is InChI=1S/C17H26BrN3O/c1-6-13(3)9-8-10-22-17-15(18)11-16(14(4)20-17)19-12-21(5)7-2/h6,11-12H,7-10H2,1-5H3/b13-6+,19-12?. The van der Waals surface area contributed by atoms with Crippen LogP contribution in [0.1, 0.15) is 39.3 Å². The van der Waals surface area contributed by atoms with Gasteiger partial charge in [0, 0.05) is 13.6 Å². The smallest absolute Gasteiger partial charge is 0.228 e. The summed E-state index contributed by atoms with van der Waals surface area (Å²) in [5.41, 5.74) is 3.10. The Bertz CT molecular complexity index is 541. The van der Waals surface area contributed by atoms with Crippen molar-refractivity contribution < 1.29 is 4.74 Å². The molecule has 1 aromatic rings. The zero-order valence-electron chi connectivity index (χ0n) is 14.2. The lowest BCUT2D eigenvalue weighted by Crippen LogP contribution is -2.14. The molecule has 4 nitrogen and oxygen atoms in total. The molecule has 1 aromatic heterocycles. The lowest BCUT2D eigenvalue weighted by molar-refractivity contribution is 0.296.